The fourth-order valence-electron chi connectivity index (χ4n) is 4.50. The predicted molar refractivity (Wildman–Crippen MR) is 124 cm³/mol. The van der Waals surface area contributed by atoms with Gasteiger partial charge in [0, 0.05) is 52.3 Å². The van der Waals surface area contributed by atoms with E-state index in [1.165, 1.54) is 17.8 Å². The van der Waals surface area contributed by atoms with Crippen molar-refractivity contribution in [3.63, 3.8) is 0 Å². The van der Waals surface area contributed by atoms with E-state index in [1.54, 1.807) is 6.20 Å². The molecule has 3 aromatic rings. The van der Waals surface area contributed by atoms with E-state index in [2.05, 4.69) is 4.98 Å². The van der Waals surface area contributed by atoms with Crippen molar-refractivity contribution in [2.24, 2.45) is 0 Å². The number of rotatable bonds is 4. The van der Waals surface area contributed by atoms with Crippen LogP contribution in [0.5, 0.6) is 5.75 Å². The number of aliphatic hydroxyl groups is 1. The molecule has 2 aliphatic heterocycles. The normalized spacial score (nSPS) is 18.8. The second kappa shape index (κ2) is 8.70. The number of pyridine rings is 1. The zero-order valence-corrected chi connectivity index (χ0v) is 19.0. The molecule has 0 aliphatic carbocycles. The lowest BCUT2D eigenvalue weighted by Crippen LogP contribution is -2.43. The van der Waals surface area contributed by atoms with Crippen LogP contribution in [0.25, 0.3) is 21.3 Å². The Morgan fingerprint density at radius 3 is 2.91 bits per heavy atom. The number of ether oxygens (including phenoxy) is 1. The number of hydrogen-bond acceptors (Lipinski definition) is 6. The van der Waals surface area contributed by atoms with Gasteiger partial charge in [-0.2, -0.15) is 5.26 Å². The maximum absolute atomic E-state index is 13.1. The van der Waals surface area contributed by atoms with Crippen LogP contribution in [0.3, 0.4) is 0 Å². The number of carbonyl (C=O) groups is 1. The van der Waals surface area contributed by atoms with Crippen LogP contribution in [0.1, 0.15) is 42.2 Å². The van der Waals surface area contributed by atoms with Crippen molar-refractivity contribution >= 4 is 39.1 Å². The van der Waals surface area contributed by atoms with Crippen LogP contribution < -0.4 is 4.74 Å². The van der Waals surface area contributed by atoms with Crippen molar-refractivity contribution in [2.45, 2.75) is 44.3 Å². The van der Waals surface area contributed by atoms with Crippen molar-refractivity contribution < 1.29 is 14.6 Å². The van der Waals surface area contributed by atoms with Gasteiger partial charge in [0.05, 0.1) is 22.7 Å². The van der Waals surface area contributed by atoms with Crippen molar-refractivity contribution in [2.75, 3.05) is 13.1 Å². The molecule has 1 aromatic carbocycles. The van der Waals surface area contributed by atoms with Gasteiger partial charge in [0.2, 0.25) is 0 Å². The molecule has 1 fully saturated rings. The van der Waals surface area contributed by atoms with E-state index in [1.807, 2.05) is 35.2 Å². The van der Waals surface area contributed by atoms with Gasteiger partial charge in [-0.3, -0.25) is 9.78 Å². The minimum atomic E-state index is -0.847. The predicted octanol–water partition coefficient (Wildman–Crippen LogP) is 4.88. The average molecular weight is 468 g/mol. The summed E-state index contributed by atoms with van der Waals surface area (Å²) < 4.78 is 7.13. The summed E-state index contributed by atoms with van der Waals surface area (Å²) >= 11 is 7.87. The molecule has 1 amide bonds. The minimum Gasteiger partial charge on any atom is -0.479 e. The molecule has 2 unspecified atom stereocenters. The summed E-state index contributed by atoms with van der Waals surface area (Å²) in [4.78, 5) is 20.1. The van der Waals surface area contributed by atoms with Crippen LogP contribution in [0.2, 0.25) is 5.02 Å². The van der Waals surface area contributed by atoms with Gasteiger partial charge >= 0.3 is 0 Å². The molecular weight excluding hydrogens is 446 g/mol. The van der Waals surface area contributed by atoms with Crippen LogP contribution in [0.15, 0.2) is 30.5 Å². The number of halogens is 1. The highest BCUT2D eigenvalue weighted by Crippen LogP contribution is 2.45. The van der Waals surface area contributed by atoms with Gasteiger partial charge in [-0.15, -0.1) is 11.3 Å². The van der Waals surface area contributed by atoms with Crippen molar-refractivity contribution in [3.8, 4) is 22.9 Å². The Balaban J connectivity index is 1.52. The number of aliphatic hydroxyl groups excluding tert-OH is 1. The van der Waals surface area contributed by atoms with Gasteiger partial charge in [0.1, 0.15) is 11.9 Å². The third kappa shape index (κ3) is 3.83. The van der Waals surface area contributed by atoms with Crippen LogP contribution in [-0.2, 0) is 11.2 Å². The number of hydrogen-bond donors (Lipinski definition) is 1. The average Bonchev–Trinajstić information content (AvgIpc) is 3.43. The zero-order valence-electron chi connectivity index (χ0n) is 17.4. The molecule has 0 radical (unpaired) electrons. The minimum absolute atomic E-state index is 0.0259. The number of benzene rings is 1. The Labute approximate surface area is 195 Å². The molecule has 0 saturated carbocycles. The van der Waals surface area contributed by atoms with Crippen LogP contribution in [0, 0.1) is 11.3 Å². The molecule has 2 atom stereocenters. The van der Waals surface area contributed by atoms with Crippen LogP contribution in [-0.4, -0.2) is 40.1 Å². The molecule has 2 aliphatic rings. The van der Waals surface area contributed by atoms with Crippen molar-refractivity contribution in [1.82, 2.24) is 9.88 Å². The van der Waals surface area contributed by atoms with Crippen molar-refractivity contribution in [1.29, 1.82) is 5.26 Å². The number of likely N-dealkylation sites (tertiary alicyclic amines) is 1. The summed E-state index contributed by atoms with van der Waals surface area (Å²) in [6.45, 7) is 1.58. The SMILES string of the molecule is N#CCC(O)c1cc2nccc(-c3cc(Cl)cc4c3OC(C(=O)N3CCCCC3)C4)c2s1. The maximum atomic E-state index is 13.1. The van der Waals surface area contributed by atoms with E-state index in [4.69, 9.17) is 21.6 Å². The summed E-state index contributed by atoms with van der Waals surface area (Å²) in [5.74, 6) is 0.727. The standard InChI is InChI=1S/C24H22ClN3O3S/c25-15-10-14-11-20(24(30)28-8-2-1-3-9-28)31-22(14)17(12-15)16-5-7-27-18-13-21(32-23(16)18)19(29)4-6-26/h5,7,10,12-13,19-20,29H,1-4,8-9,11H2. The molecule has 0 bridgehead atoms. The van der Waals surface area contributed by atoms with Gasteiger partial charge in [-0.05, 0) is 43.5 Å². The first-order valence-corrected chi connectivity index (χ1v) is 12.0. The molecule has 164 valence electrons. The second-order valence-corrected chi connectivity index (χ2v) is 9.76. The fraction of sp³-hybridized carbons (Fsp3) is 0.375. The number of nitriles is 1. The van der Waals surface area contributed by atoms with Gasteiger partial charge in [0.25, 0.3) is 5.91 Å². The molecular formula is C24H22ClN3O3S. The van der Waals surface area contributed by atoms with Crippen molar-refractivity contribution in [3.05, 3.63) is 45.9 Å². The maximum Gasteiger partial charge on any atom is 0.263 e. The Hall–Kier alpha value is -2.66. The van der Waals surface area contributed by atoms with E-state index < -0.39 is 12.2 Å². The second-order valence-electron chi connectivity index (χ2n) is 8.24. The number of aromatic nitrogens is 1. The highest BCUT2D eigenvalue weighted by Gasteiger charge is 2.35. The first kappa shape index (κ1) is 21.2. The largest absolute Gasteiger partial charge is 0.479 e. The summed E-state index contributed by atoms with van der Waals surface area (Å²) in [5, 5.41) is 19.8. The van der Waals surface area contributed by atoms with Gasteiger partial charge in [0.15, 0.2) is 6.10 Å². The Kier molecular flexibility index (Phi) is 5.76. The monoisotopic (exact) mass is 467 g/mol. The lowest BCUT2D eigenvalue weighted by atomic mass is 10.0. The Bertz CT molecular complexity index is 1230. The Morgan fingerprint density at radius 1 is 1.31 bits per heavy atom. The summed E-state index contributed by atoms with van der Waals surface area (Å²) in [5.41, 5.74) is 3.37. The van der Waals surface area contributed by atoms with E-state index in [0.717, 1.165) is 52.8 Å². The Morgan fingerprint density at radius 2 is 2.12 bits per heavy atom. The van der Waals surface area contributed by atoms with Gasteiger partial charge in [-0.25, -0.2) is 0 Å². The number of nitrogens with zero attached hydrogens (tertiary/aromatic N) is 3. The molecule has 2 aromatic heterocycles. The molecule has 1 N–H and O–H groups in total. The third-order valence-corrected chi connectivity index (χ3v) is 7.55. The first-order chi connectivity index (χ1) is 15.5. The highest BCUT2D eigenvalue weighted by molar-refractivity contribution is 7.19. The first-order valence-electron chi connectivity index (χ1n) is 10.8. The molecule has 1 saturated heterocycles. The zero-order chi connectivity index (χ0) is 22.2. The van der Waals surface area contributed by atoms with E-state index >= 15 is 0 Å². The quantitative estimate of drug-likeness (QED) is 0.591. The highest BCUT2D eigenvalue weighted by atomic mass is 35.5. The summed E-state index contributed by atoms with van der Waals surface area (Å²) in [6.07, 6.45) is 4.10. The van der Waals surface area contributed by atoms with E-state index in [-0.39, 0.29) is 12.3 Å². The lowest BCUT2D eigenvalue weighted by molar-refractivity contribution is -0.138. The molecule has 5 rings (SSSR count). The number of piperidine rings is 1. The molecule has 32 heavy (non-hydrogen) atoms. The van der Waals surface area contributed by atoms with Crippen LogP contribution >= 0.6 is 22.9 Å². The smallest absolute Gasteiger partial charge is 0.263 e. The van der Waals surface area contributed by atoms with Gasteiger partial charge in [-0.1, -0.05) is 11.6 Å². The number of thiophene rings is 1. The molecule has 0 spiro atoms. The van der Waals surface area contributed by atoms with Gasteiger partial charge < -0.3 is 14.7 Å². The van der Waals surface area contributed by atoms with Crippen LogP contribution in [0.4, 0.5) is 0 Å². The lowest BCUT2D eigenvalue weighted by Gasteiger charge is -2.28. The number of fused-ring (bicyclic) bond motifs is 2. The molecule has 6 nitrogen and oxygen atoms in total. The third-order valence-electron chi connectivity index (χ3n) is 6.07. The number of amides is 1. The fourth-order valence-corrected chi connectivity index (χ4v) is 5.87. The molecule has 8 heteroatoms. The topological polar surface area (TPSA) is 86.5 Å². The summed E-state index contributed by atoms with van der Waals surface area (Å²) in [6, 6.07) is 9.45. The molecule has 4 heterocycles. The van der Waals surface area contributed by atoms with E-state index in [0.29, 0.717) is 22.1 Å². The number of carbonyl (C=O) groups excluding carboxylic acids is 1. The van der Waals surface area contributed by atoms with E-state index in [9.17, 15) is 9.90 Å². The summed E-state index contributed by atoms with van der Waals surface area (Å²) in [7, 11) is 0.